The zero-order valence-electron chi connectivity index (χ0n) is 15.3. The predicted molar refractivity (Wildman–Crippen MR) is 93.8 cm³/mol. The van der Waals surface area contributed by atoms with E-state index in [4.69, 9.17) is 0 Å². The van der Waals surface area contributed by atoms with E-state index in [0.29, 0.717) is 37.2 Å². The minimum atomic E-state index is -0.111. The van der Waals surface area contributed by atoms with Crippen molar-refractivity contribution in [3.05, 3.63) is 11.6 Å². The van der Waals surface area contributed by atoms with Crippen molar-refractivity contribution in [3.63, 3.8) is 0 Å². The fraction of sp³-hybridized carbons (Fsp3) is 0.778. The number of amides is 2. The molecule has 3 rings (SSSR count). The van der Waals surface area contributed by atoms with Crippen LogP contribution in [-0.4, -0.2) is 45.1 Å². The van der Waals surface area contributed by atoms with Gasteiger partial charge in [0.25, 0.3) is 5.91 Å². The lowest BCUT2D eigenvalue weighted by atomic mass is 9.82. The molecule has 2 heterocycles. The molecule has 2 aliphatic rings. The monoisotopic (exact) mass is 347 g/mol. The van der Waals surface area contributed by atoms with E-state index >= 15 is 0 Å². The molecule has 1 saturated carbocycles. The number of hydrogen-bond acceptors (Lipinski definition) is 4. The number of rotatable bonds is 6. The number of nitrogens with one attached hydrogen (secondary N) is 1. The van der Waals surface area contributed by atoms with Crippen LogP contribution in [0.15, 0.2) is 0 Å². The van der Waals surface area contributed by atoms with Crippen molar-refractivity contribution in [2.75, 3.05) is 13.6 Å². The van der Waals surface area contributed by atoms with E-state index in [2.05, 4.69) is 22.4 Å². The van der Waals surface area contributed by atoms with Gasteiger partial charge in [-0.2, -0.15) is 0 Å². The zero-order chi connectivity index (χ0) is 17.8. The van der Waals surface area contributed by atoms with Gasteiger partial charge in [0.15, 0.2) is 5.82 Å². The maximum absolute atomic E-state index is 12.6. The number of aromatic nitrogens is 3. The van der Waals surface area contributed by atoms with Crippen molar-refractivity contribution in [3.8, 4) is 0 Å². The highest BCUT2D eigenvalue weighted by Crippen LogP contribution is 2.30. The highest BCUT2D eigenvalue weighted by Gasteiger charge is 2.27. The van der Waals surface area contributed by atoms with Crippen molar-refractivity contribution >= 4 is 11.8 Å². The van der Waals surface area contributed by atoms with Crippen LogP contribution >= 0.6 is 0 Å². The van der Waals surface area contributed by atoms with Crippen molar-refractivity contribution in [2.45, 2.75) is 65.0 Å². The first-order valence-corrected chi connectivity index (χ1v) is 9.55. The molecule has 0 radical (unpaired) electrons. The van der Waals surface area contributed by atoms with Crippen molar-refractivity contribution < 1.29 is 9.59 Å². The van der Waals surface area contributed by atoms with Crippen LogP contribution in [0.4, 0.5) is 0 Å². The van der Waals surface area contributed by atoms with Crippen LogP contribution in [0.25, 0.3) is 0 Å². The van der Waals surface area contributed by atoms with Crippen LogP contribution in [0, 0.1) is 11.8 Å². The number of likely N-dealkylation sites (N-methyl/N-ethyl adjacent to an activating group) is 1. The second-order valence-electron chi connectivity index (χ2n) is 7.38. The molecule has 0 spiro atoms. The van der Waals surface area contributed by atoms with Gasteiger partial charge in [-0.15, -0.1) is 10.2 Å². The standard InChI is InChI=1S/C18H29N5O2/c1-3-14(11-13-7-5-4-6-8-13)17(24)19-12-15-20-21-16-18(25)22(2)9-10-23(15)16/h13-14H,3-12H2,1-2H3,(H,19,24). The molecule has 1 fully saturated rings. The molecule has 0 saturated heterocycles. The smallest absolute Gasteiger partial charge is 0.291 e. The minimum absolute atomic E-state index is 0.0691. The molecular formula is C18H29N5O2. The molecule has 0 bridgehead atoms. The molecule has 1 aromatic rings. The highest BCUT2D eigenvalue weighted by atomic mass is 16.2. The number of hydrogen-bond donors (Lipinski definition) is 1. The number of carbonyl (C=O) groups is 2. The van der Waals surface area contributed by atoms with Gasteiger partial charge in [-0.05, 0) is 18.8 Å². The third-order valence-corrected chi connectivity index (χ3v) is 5.65. The van der Waals surface area contributed by atoms with Crippen LogP contribution in [0.1, 0.15) is 68.3 Å². The fourth-order valence-corrected chi connectivity index (χ4v) is 3.98. The van der Waals surface area contributed by atoms with Crippen LogP contribution in [-0.2, 0) is 17.9 Å². The van der Waals surface area contributed by atoms with E-state index in [0.717, 1.165) is 12.8 Å². The third kappa shape index (κ3) is 4.02. The first-order chi connectivity index (χ1) is 12.1. The average Bonchev–Trinajstić information content (AvgIpc) is 3.05. The normalized spacial score (nSPS) is 19.6. The molecule has 0 aromatic carbocycles. The molecule has 138 valence electrons. The largest absolute Gasteiger partial charge is 0.349 e. The van der Waals surface area contributed by atoms with E-state index in [-0.39, 0.29) is 17.7 Å². The van der Waals surface area contributed by atoms with Crippen LogP contribution in [0.2, 0.25) is 0 Å². The quantitative estimate of drug-likeness (QED) is 0.853. The Morgan fingerprint density at radius 1 is 1.24 bits per heavy atom. The Morgan fingerprint density at radius 2 is 2.00 bits per heavy atom. The summed E-state index contributed by atoms with van der Waals surface area (Å²) < 4.78 is 1.82. The minimum Gasteiger partial charge on any atom is -0.349 e. The number of fused-ring (bicyclic) bond motifs is 1. The first-order valence-electron chi connectivity index (χ1n) is 9.55. The summed E-state index contributed by atoms with van der Waals surface area (Å²) in [6, 6.07) is 0. The summed E-state index contributed by atoms with van der Waals surface area (Å²) in [5, 5.41) is 11.1. The molecule has 1 aromatic heterocycles. The lowest BCUT2D eigenvalue weighted by Gasteiger charge is -2.25. The van der Waals surface area contributed by atoms with E-state index < -0.39 is 0 Å². The van der Waals surface area contributed by atoms with Gasteiger partial charge in [0.2, 0.25) is 11.7 Å². The van der Waals surface area contributed by atoms with Crippen molar-refractivity contribution in [1.29, 1.82) is 0 Å². The second kappa shape index (κ2) is 7.97. The summed E-state index contributed by atoms with van der Waals surface area (Å²) in [4.78, 5) is 26.3. The molecule has 1 unspecified atom stereocenters. The van der Waals surface area contributed by atoms with Gasteiger partial charge in [0.1, 0.15) is 0 Å². The van der Waals surface area contributed by atoms with E-state index in [1.54, 1.807) is 11.9 Å². The zero-order valence-corrected chi connectivity index (χ0v) is 15.3. The van der Waals surface area contributed by atoms with Crippen LogP contribution in [0.5, 0.6) is 0 Å². The van der Waals surface area contributed by atoms with Crippen molar-refractivity contribution in [1.82, 2.24) is 25.0 Å². The van der Waals surface area contributed by atoms with Gasteiger partial charge in [-0.3, -0.25) is 9.59 Å². The highest BCUT2D eigenvalue weighted by molar-refractivity contribution is 5.91. The van der Waals surface area contributed by atoms with E-state index in [9.17, 15) is 9.59 Å². The summed E-state index contributed by atoms with van der Waals surface area (Å²) in [7, 11) is 1.76. The third-order valence-electron chi connectivity index (χ3n) is 5.65. The molecule has 7 heteroatoms. The maximum Gasteiger partial charge on any atom is 0.291 e. The Kier molecular flexibility index (Phi) is 5.71. The Hall–Kier alpha value is -1.92. The van der Waals surface area contributed by atoms with Gasteiger partial charge in [-0.25, -0.2) is 0 Å². The van der Waals surface area contributed by atoms with E-state index in [1.807, 2.05) is 4.57 Å². The lowest BCUT2D eigenvalue weighted by molar-refractivity contribution is -0.126. The predicted octanol–water partition coefficient (Wildman–Crippen LogP) is 1.98. The van der Waals surface area contributed by atoms with Crippen LogP contribution < -0.4 is 5.32 Å². The fourth-order valence-electron chi connectivity index (χ4n) is 3.98. The lowest BCUT2D eigenvalue weighted by Crippen LogP contribution is -2.39. The van der Waals surface area contributed by atoms with Gasteiger partial charge < -0.3 is 14.8 Å². The summed E-state index contributed by atoms with van der Waals surface area (Å²) in [6.45, 7) is 3.74. The molecule has 1 aliphatic carbocycles. The van der Waals surface area contributed by atoms with E-state index in [1.165, 1.54) is 32.1 Å². The molecule has 1 aliphatic heterocycles. The topological polar surface area (TPSA) is 80.1 Å². The summed E-state index contributed by atoms with van der Waals surface area (Å²) in [5.41, 5.74) is 0. The molecule has 2 amide bonds. The van der Waals surface area contributed by atoms with Gasteiger partial charge in [0.05, 0.1) is 6.54 Å². The van der Waals surface area contributed by atoms with Gasteiger partial charge in [0, 0.05) is 26.1 Å². The summed E-state index contributed by atoms with van der Waals surface area (Å²) >= 11 is 0. The molecule has 1 atom stereocenters. The first kappa shape index (κ1) is 17.9. The maximum atomic E-state index is 12.6. The Labute approximate surface area is 149 Å². The second-order valence-corrected chi connectivity index (χ2v) is 7.38. The number of nitrogens with zero attached hydrogens (tertiary/aromatic N) is 4. The van der Waals surface area contributed by atoms with Crippen LogP contribution in [0.3, 0.4) is 0 Å². The molecule has 7 nitrogen and oxygen atoms in total. The average molecular weight is 347 g/mol. The Balaban J connectivity index is 1.56. The Bertz CT molecular complexity index is 621. The molecule has 25 heavy (non-hydrogen) atoms. The number of carbonyl (C=O) groups excluding carboxylic acids is 2. The summed E-state index contributed by atoms with van der Waals surface area (Å²) in [6.07, 6.45) is 8.32. The van der Waals surface area contributed by atoms with Gasteiger partial charge in [-0.1, -0.05) is 39.0 Å². The van der Waals surface area contributed by atoms with Gasteiger partial charge >= 0.3 is 0 Å². The SMILES string of the molecule is CCC(CC1CCCCC1)C(=O)NCc1nnc2n1CCN(C)C2=O. The summed E-state index contributed by atoms with van der Waals surface area (Å²) in [5.74, 6) is 1.78. The Morgan fingerprint density at radius 3 is 2.72 bits per heavy atom. The molecular weight excluding hydrogens is 318 g/mol. The van der Waals surface area contributed by atoms with Crippen molar-refractivity contribution in [2.24, 2.45) is 11.8 Å². The molecule has 1 N–H and O–H groups in total.